The van der Waals surface area contributed by atoms with Crippen LogP contribution in [0.1, 0.15) is 55.2 Å². The predicted octanol–water partition coefficient (Wildman–Crippen LogP) is 5.63. The van der Waals surface area contributed by atoms with Crippen LogP contribution < -0.4 is 0 Å². The number of azide groups is 1. The maximum absolute atomic E-state index is 8.15. The van der Waals surface area contributed by atoms with Crippen molar-refractivity contribution in [1.29, 1.82) is 0 Å². The predicted molar refractivity (Wildman–Crippen MR) is 122 cm³/mol. The van der Waals surface area contributed by atoms with Gasteiger partial charge in [0, 0.05) is 23.9 Å². The molecule has 7 nitrogen and oxygen atoms in total. The fourth-order valence-corrected chi connectivity index (χ4v) is 3.46. The first-order valence-corrected chi connectivity index (χ1v) is 11.0. The van der Waals surface area contributed by atoms with Crippen LogP contribution in [-0.4, -0.2) is 44.6 Å². The Bertz CT molecular complexity index is 764. The van der Waals surface area contributed by atoms with Gasteiger partial charge in [0.05, 0.1) is 39.6 Å². The number of nitrogens with zero attached hydrogens (tertiary/aromatic N) is 4. The van der Waals surface area contributed by atoms with Crippen molar-refractivity contribution in [3.63, 3.8) is 0 Å². The highest BCUT2D eigenvalue weighted by molar-refractivity contribution is 5.26. The molecule has 1 aromatic heterocycles. The SMILES string of the molecule is CCC(CC(C)c1ccncc1)c1ccc(COCCOCCOCCN=[N+]=[N-])cc1. The first-order valence-electron chi connectivity index (χ1n) is 11.0. The Morgan fingerprint density at radius 1 is 0.903 bits per heavy atom. The number of benzene rings is 1. The lowest BCUT2D eigenvalue weighted by atomic mass is 9.85. The molecule has 0 N–H and O–H groups in total. The van der Waals surface area contributed by atoms with Gasteiger partial charge in [0.2, 0.25) is 0 Å². The average molecular weight is 427 g/mol. The van der Waals surface area contributed by atoms with Crippen molar-refractivity contribution in [1.82, 2.24) is 4.98 Å². The van der Waals surface area contributed by atoms with Crippen LogP contribution in [0.5, 0.6) is 0 Å². The summed E-state index contributed by atoms with van der Waals surface area (Å²) in [6.07, 6.45) is 5.99. The molecule has 2 atom stereocenters. The van der Waals surface area contributed by atoms with Crippen LogP contribution in [0.3, 0.4) is 0 Å². The van der Waals surface area contributed by atoms with E-state index in [2.05, 4.69) is 65.3 Å². The summed E-state index contributed by atoms with van der Waals surface area (Å²) < 4.78 is 16.4. The lowest BCUT2D eigenvalue weighted by molar-refractivity contribution is 0.0119. The van der Waals surface area contributed by atoms with Crippen LogP contribution in [0.4, 0.5) is 0 Å². The van der Waals surface area contributed by atoms with E-state index in [4.69, 9.17) is 19.7 Å². The highest BCUT2D eigenvalue weighted by atomic mass is 16.5. The van der Waals surface area contributed by atoms with E-state index in [1.54, 1.807) is 0 Å². The summed E-state index contributed by atoms with van der Waals surface area (Å²) in [5.74, 6) is 1.05. The van der Waals surface area contributed by atoms with Crippen molar-refractivity contribution in [2.45, 2.75) is 45.1 Å². The normalized spacial score (nSPS) is 12.8. The second-order valence-corrected chi connectivity index (χ2v) is 7.50. The lowest BCUT2D eigenvalue weighted by Crippen LogP contribution is -2.10. The molecule has 1 aromatic carbocycles. The molecular formula is C24H34N4O3. The second kappa shape index (κ2) is 15.4. The molecule has 2 unspecified atom stereocenters. The Hall–Kier alpha value is -2.44. The maximum atomic E-state index is 8.15. The van der Waals surface area contributed by atoms with Crippen LogP contribution in [0.15, 0.2) is 53.9 Å². The number of pyridine rings is 1. The average Bonchev–Trinajstić information content (AvgIpc) is 2.82. The van der Waals surface area contributed by atoms with E-state index in [1.165, 1.54) is 16.7 Å². The van der Waals surface area contributed by atoms with Crippen molar-refractivity contribution in [3.8, 4) is 0 Å². The molecule has 0 saturated carbocycles. The monoisotopic (exact) mass is 426 g/mol. The van der Waals surface area contributed by atoms with Crippen molar-refractivity contribution in [3.05, 3.63) is 75.9 Å². The molecule has 0 amide bonds. The standard InChI is InChI=1S/C24H34N4O3/c1-3-22(18-20(2)23-8-10-26-11-9-23)24-6-4-21(5-7-24)19-31-17-16-30-15-14-29-13-12-27-28-25/h4-11,20,22H,3,12-19H2,1-2H3. The van der Waals surface area contributed by atoms with Gasteiger partial charge in [0.1, 0.15) is 0 Å². The van der Waals surface area contributed by atoms with Gasteiger partial charge in [-0.25, -0.2) is 0 Å². The quantitative estimate of drug-likeness (QED) is 0.151. The van der Waals surface area contributed by atoms with Crippen molar-refractivity contribution >= 4 is 0 Å². The molecule has 0 aliphatic rings. The Labute approximate surface area is 185 Å². The van der Waals surface area contributed by atoms with Gasteiger partial charge in [-0.1, -0.05) is 43.2 Å². The van der Waals surface area contributed by atoms with Gasteiger partial charge < -0.3 is 14.2 Å². The van der Waals surface area contributed by atoms with Gasteiger partial charge in [-0.15, -0.1) is 0 Å². The molecule has 2 aromatic rings. The van der Waals surface area contributed by atoms with Crippen LogP contribution in [0.25, 0.3) is 10.4 Å². The zero-order valence-electron chi connectivity index (χ0n) is 18.7. The Morgan fingerprint density at radius 2 is 1.55 bits per heavy atom. The smallest absolute Gasteiger partial charge is 0.0718 e. The van der Waals surface area contributed by atoms with Gasteiger partial charge in [0.15, 0.2) is 0 Å². The van der Waals surface area contributed by atoms with E-state index in [9.17, 15) is 0 Å². The third-order valence-electron chi connectivity index (χ3n) is 5.27. The van der Waals surface area contributed by atoms with E-state index in [-0.39, 0.29) is 0 Å². The molecule has 0 aliphatic carbocycles. The molecule has 0 radical (unpaired) electrons. The van der Waals surface area contributed by atoms with Crippen molar-refractivity contribution in [2.24, 2.45) is 5.11 Å². The van der Waals surface area contributed by atoms with E-state index in [1.807, 2.05) is 12.4 Å². The molecule has 168 valence electrons. The molecule has 0 fully saturated rings. The highest BCUT2D eigenvalue weighted by Crippen LogP contribution is 2.31. The minimum Gasteiger partial charge on any atom is -0.379 e. The topological polar surface area (TPSA) is 89.3 Å². The number of ether oxygens (including phenoxy) is 3. The summed E-state index contributed by atoms with van der Waals surface area (Å²) in [5, 5.41) is 3.40. The zero-order chi connectivity index (χ0) is 22.2. The molecule has 7 heteroatoms. The number of hydrogen-bond donors (Lipinski definition) is 0. The minimum atomic E-state index is 0.348. The second-order valence-electron chi connectivity index (χ2n) is 7.50. The Kier molecular flexibility index (Phi) is 12.3. The van der Waals surface area contributed by atoms with Gasteiger partial charge in [-0.05, 0) is 59.0 Å². The lowest BCUT2D eigenvalue weighted by Gasteiger charge is -2.21. The molecule has 0 saturated heterocycles. The minimum absolute atomic E-state index is 0.348. The number of rotatable bonds is 16. The Balaban J connectivity index is 1.63. The summed E-state index contributed by atoms with van der Waals surface area (Å²) in [6, 6.07) is 13.0. The third-order valence-corrected chi connectivity index (χ3v) is 5.27. The Morgan fingerprint density at radius 3 is 2.19 bits per heavy atom. The van der Waals surface area contributed by atoms with Gasteiger partial charge in [-0.2, -0.15) is 0 Å². The van der Waals surface area contributed by atoms with Gasteiger partial charge in [-0.3, -0.25) is 4.98 Å². The van der Waals surface area contributed by atoms with E-state index in [0.29, 0.717) is 58.0 Å². The summed E-state index contributed by atoms with van der Waals surface area (Å²) in [5.41, 5.74) is 12.1. The summed E-state index contributed by atoms with van der Waals surface area (Å²) >= 11 is 0. The maximum Gasteiger partial charge on any atom is 0.0718 e. The fourth-order valence-electron chi connectivity index (χ4n) is 3.46. The largest absolute Gasteiger partial charge is 0.379 e. The van der Waals surface area contributed by atoms with Crippen LogP contribution in [-0.2, 0) is 20.8 Å². The third kappa shape index (κ3) is 9.94. The number of aromatic nitrogens is 1. The molecule has 2 rings (SSSR count). The summed E-state index contributed by atoms with van der Waals surface area (Å²) in [7, 11) is 0. The molecule has 31 heavy (non-hydrogen) atoms. The van der Waals surface area contributed by atoms with E-state index >= 15 is 0 Å². The first-order chi connectivity index (χ1) is 15.2. The molecule has 1 heterocycles. The van der Waals surface area contributed by atoms with Crippen LogP contribution in [0.2, 0.25) is 0 Å². The van der Waals surface area contributed by atoms with Gasteiger partial charge >= 0.3 is 0 Å². The molecular weight excluding hydrogens is 392 g/mol. The highest BCUT2D eigenvalue weighted by Gasteiger charge is 2.15. The van der Waals surface area contributed by atoms with Gasteiger partial charge in [0.25, 0.3) is 0 Å². The van der Waals surface area contributed by atoms with Crippen molar-refractivity contribution in [2.75, 3.05) is 39.6 Å². The summed E-state index contributed by atoms with van der Waals surface area (Å²) in [6.45, 7) is 7.96. The molecule has 0 bridgehead atoms. The summed E-state index contributed by atoms with van der Waals surface area (Å²) in [4.78, 5) is 6.78. The van der Waals surface area contributed by atoms with E-state index < -0.39 is 0 Å². The number of hydrogen-bond acceptors (Lipinski definition) is 5. The van der Waals surface area contributed by atoms with Crippen LogP contribution in [0, 0.1) is 0 Å². The van der Waals surface area contributed by atoms with Crippen molar-refractivity contribution < 1.29 is 14.2 Å². The molecule has 0 aliphatic heterocycles. The first kappa shape index (κ1) is 24.8. The zero-order valence-corrected chi connectivity index (χ0v) is 18.7. The van der Waals surface area contributed by atoms with E-state index in [0.717, 1.165) is 12.8 Å². The fraction of sp³-hybridized carbons (Fsp3) is 0.542. The molecule has 0 spiro atoms. The van der Waals surface area contributed by atoms with Crippen LogP contribution >= 0.6 is 0 Å².